The average Bonchev–Trinajstić information content (AvgIpc) is 3.24. The van der Waals surface area contributed by atoms with Crippen molar-refractivity contribution in [2.45, 2.75) is 30.7 Å². The van der Waals surface area contributed by atoms with E-state index < -0.39 is 0 Å². The molecule has 0 spiro atoms. The highest BCUT2D eigenvalue weighted by molar-refractivity contribution is 7.99. The first-order chi connectivity index (χ1) is 11.3. The Morgan fingerprint density at radius 3 is 3.17 bits per heavy atom. The predicted molar refractivity (Wildman–Crippen MR) is 98.5 cm³/mol. The number of hydrogen-bond donors (Lipinski definition) is 0. The van der Waals surface area contributed by atoms with Crippen molar-refractivity contribution in [1.82, 2.24) is 13.6 Å². The minimum atomic E-state index is 0.589. The van der Waals surface area contributed by atoms with Gasteiger partial charge < -0.3 is 4.90 Å². The number of aryl methyl sites for hydroxylation is 1. The molecule has 2 aliphatic heterocycles. The Hall–Kier alpha value is -0.870. The summed E-state index contributed by atoms with van der Waals surface area (Å²) in [6, 6.07) is 2.12. The van der Waals surface area contributed by atoms with Crippen molar-refractivity contribution in [3.05, 3.63) is 27.6 Å². The largest absolute Gasteiger partial charge is 0.302 e. The van der Waals surface area contributed by atoms with E-state index in [1.807, 2.05) is 0 Å². The molecular weight excluding hydrogens is 342 g/mol. The third-order valence-corrected chi connectivity index (χ3v) is 7.20. The summed E-state index contributed by atoms with van der Waals surface area (Å²) < 4.78 is 9.18. The zero-order valence-electron chi connectivity index (χ0n) is 13.1. The molecule has 0 amide bonds. The molecule has 2 aromatic rings. The number of thiophene rings is 1. The summed E-state index contributed by atoms with van der Waals surface area (Å²) in [5.74, 6) is 8.72. The number of nitrogens with zero attached hydrogens (tertiary/aromatic N) is 3. The Balaban J connectivity index is 1.42. The van der Waals surface area contributed by atoms with Gasteiger partial charge in [0.15, 0.2) is 0 Å². The summed E-state index contributed by atoms with van der Waals surface area (Å²) in [6.45, 7) is 5.80. The topological polar surface area (TPSA) is 29.0 Å². The molecule has 4 rings (SSSR count). The first-order valence-electron chi connectivity index (χ1n) is 8.02. The van der Waals surface area contributed by atoms with Gasteiger partial charge in [0.1, 0.15) is 5.03 Å². The molecule has 2 aromatic heterocycles. The Morgan fingerprint density at radius 1 is 1.39 bits per heavy atom. The zero-order chi connectivity index (χ0) is 15.6. The number of hydrogen-bond acceptors (Lipinski definition) is 6. The summed E-state index contributed by atoms with van der Waals surface area (Å²) in [6.07, 6.45) is 2.69. The van der Waals surface area contributed by atoms with Crippen LogP contribution in [-0.4, -0.2) is 39.0 Å². The molecule has 3 nitrogen and oxygen atoms in total. The molecule has 0 aromatic carbocycles. The lowest BCUT2D eigenvalue weighted by Gasteiger charge is -2.21. The first kappa shape index (κ1) is 15.6. The zero-order valence-corrected chi connectivity index (χ0v) is 15.6. The number of thioether (sulfide) groups is 1. The van der Waals surface area contributed by atoms with E-state index in [0.29, 0.717) is 5.92 Å². The predicted octanol–water partition coefficient (Wildman–Crippen LogP) is 3.86. The van der Waals surface area contributed by atoms with Crippen LogP contribution in [0.1, 0.15) is 34.9 Å². The van der Waals surface area contributed by atoms with Crippen LogP contribution in [0.5, 0.6) is 0 Å². The van der Waals surface area contributed by atoms with Crippen molar-refractivity contribution >= 4 is 34.8 Å². The molecule has 2 bridgehead atoms. The van der Waals surface area contributed by atoms with Crippen molar-refractivity contribution in [2.75, 3.05) is 25.4 Å². The van der Waals surface area contributed by atoms with E-state index in [4.69, 9.17) is 0 Å². The minimum Gasteiger partial charge on any atom is -0.302 e. The van der Waals surface area contributed by atoms with Crippen LogP contribution in [0, 0.1) is 24.7 Å². The molecule has 0 saturated carbocycles. The smallest absolute Gasteiger partial charge is 0.134 e. The fourth-order valence-electron chi connectivity index (χ4n) is 3.56. The molecular formula is C17H19N3S3. The maximum absolute atomic E-state index is 4.64. The molecule has 1 unspecified atom stereocenters. The molecule has 2 fully saturated rings. The highest BCUT2D eigenvalue weighted by atomic mass is 32.2. The Morgan fingerprint density at radius 2 is 2.35 bits per heavy atom. The first-order valence-corrected chi connectivity index (χ1v) is 10.6. The van der Waals surface area contributed by atoms with Crippen molar-refractivity contribution in [3.63, 3.8) is 0 Å². The highest BCUT2D eigenvalue weighted by Gasteiger charge is 2.38. The number of aromatic nitrogens is 2. The van der Waals surface area contributed by atoms with Crippen molar-refractivity contribution in [1.29, 1.82) is 0 Å². The summed E-state index contributed by atoms with van der Waals surface area (Å²) in [5.41, 5.74) is 2.51. The summed E-state index contributed by atoms with van der Waals surface area (Å²) in [7, 11) is 0. The lowest BCUT2D eigenvalue weighted by Crippen LogP contribution is -2.25. The molecule has 0 radical (unpaired) electrons. The SMILES string of the molecule is Cc1ccsc1C#CCSc1nsnc1[C@@H]1CN2CCC[C@H]1C2. The monoisotopic (exact) mass is 361 g/mol. The Labute approximate surface area is 149 Å². The highest BCUT2D eigenvalue weighted by Crippen LogP contribution is 2.41. The van der Waals surface area contributed by atoms with Gasteiger partial charge in [0.25, 0.3) is 0 Å². The van der Waals surface area contributed by atoms with E-state index in [-0.39, 0.29) is 0 Å². The van der Waals surface area contributed by atoms with Gasteiger partial charge in [-0.15, -0.1) is 11.3 Å². The van der Waals surface area contributed by atoms with E-state index in [2.05, 4.69) is 43.9 Å². The molecule has 0 aliphatic carbocycles. The molecule has 0 N–H and O–H groups in total. The van der Waals surface area contributed by atoms with E-state index in [1.54, 1.807) is 23.1 Å². The van der Waals surface area contributed by atoms with Crippen LogP contribution in [0.4, 0.5) is 0 Å². The van der Waals surface area contributed by atoms with Crippen LogP contribution < -0.4 is 0 Å². The van der Waals surface area contributed by atoms with Crippen molar-refractivity contribution < 1.29 is 0 Å². The van der Waals surface area contributed by atoms with Gasteiger partial charge in [-0.05, 0) is 49.2 Å². The van der Waals surface area contributed by atoms with Crippen LogP contribution in [0.3, 0.4) is 0 Å². The summed E-state index contributed by atoms with van der Waals surface area (Å²) in [4.78, 5) is 3.77. The molecule has 6 heteroatoms. The number of fused-ring (bicyclic) bond motifs is 2. The molecule has 2 saturated heterocycles. The Kier molecular flexibility index (Phi) is 4.72. The van der Waals surface area contributed by atoms with Gasteiger partial charge in [-0.1, -0.05) is 23.6 Å². The third-order valence-electron chi connectivity index (χ3n) is 4.74. The molecule has 2 aliphatic rings. The van der Waals surface area contributed by atoms with Gasteiger partial charge >= 0.3 is 0 Å². The molecule has 120 valence electrons. The molecule has 23 heavy (non-hydrogen) atoms. The van der Waals surface area contributed by atoms with Gasteiger partial charge in [0, 0.05) is 19.0 Å². The van der Waals surface area contributed by atoms with Crippen LogP contribution in [0.25, 0.3) is 0 Å². The molecule has 3 atom stereocenters. The van der Waals surface area contributed by atoms with E-state index in [9.17, 15) is 0 Å². The summed E-state index contributed by atoms with van der Waals surface area (Å²) in [5, 5.41) is 3.22. The number of rotatable bonds is 3. The normalized spacial score (nSPS) is 26.0. The fraction of sp³-hybridized carbons (Fsp3) is 0.529. The lowest BCUT2D eigenvalue weighted by atomic mass is 9.89. The standard InChI is InChI=1S/C17H19N3S3/c1-12-6-9-21-15(12)5-3-8-22-17-16(18-23-19-17)14-11-20-7-2-4-13(14)10-20/h6,9,13-14H,2,4,7-8,10-11H2,1H3/t13-,14+/m0/s1. The van der Waals surface area contributed by atoms with Crippen LogP contribution in [0.15, 0.2) is 16.5 Å². The quantitative estimate of drug-likeness (QED) is 0.613. The van der Waals surface area contributed by atoms with E-state index in [1.165, 1.54) is 60.3 Å². The lowest BCUT2D eigenvalue weighted by molar-refractivity contribution is 0.269. The summed E-state index contributed by atoms with van der Waals surface area (Å²) >= 11 is 4.83. The molecule has 4 heterocycles. The van der Waals surface area contributed by atoms with Crippen molar-refractivity contribution in [2.24, 2.45) is 5.92 Å². The second kappa shape index (κ2) is 6.94. The van der Waals surface area contributed by atoms with Crippen LogP contribution in [0.2, 0.25) is 0 Å². The number of piperidine rings is 1. The third kappa shape index (κ3) is 3.34. The maximum atomic E-state index is 4.64. The van der Waals surface area contributed by atoms with E-state index >= 15 is 0 Å². The van der Waals surface area contributed by atoms with Gasteiger partial charge in [0.2, 0.25) is 0 Å². The van der Waals surface area contributed by atoms with E-state index in [0.717, 1.165) is 16.7 Å². The van der Waals surface area contributed by atoms with Gasteiger partial charge in [-0.25, -0.2) is 0 Å². The Bertz CT molecular complexity index is 740. The van der Waals surface area contributed by atoms with Crippen LogP contribution in [-0.2, 0) is 0 Å². The second-order valence-corrected chi connectivity index (χ2v) is 8.65. The van der Waals surface area contributed by atoms with Crippen LogP contribution >= 0.6 is 34.8 Å². The maximum Gasteiger partial charge on any atom is 0.134 e. The fourth-order valence-corrected chi connectivity index (χ4v) is 5.86. The van der Waals surface area contributed by atoms with Gasteiger partial charge in [-0.2, -0.15) is 8.75 Å². The van der Waals surface area contributed by atoms with Gasteiger partial charge in [0.05, 0.1) is 28.1 Å². The minimum absolute atomic E-state index is 0.589. The van der Waals surface area contributed by atoms with Gasteiger partial charge in [-0.3, -0.25) is 0 Å². The van der Waals surface area contributed by atoms with Crippen molar-refractivity contribution in [3.8, 4) is 11.8 Å². The second-order valence-electron chi connectivity index (χ2n) is 6.25. The average molecular weight is 362 g/mol.